The number of hydrogen-bond acceptors (Lipinski definition) is 11. The summed E-state index contributed by atoms with van der Waals surface area (Å²) in [5.41, 5.74) is -2.84. The second kappa shape index (κ2) is 19.4. The van der Waals surface area contributed by atoms with E-state index in [-0.39, 0.29) is 27.9 Å². The standard InChI is InChI=1S/C28H27NO4S.C18H14F4N2O4S/c30-21-8-4-20(5-9-21)28-26(24-13-10-22(31)18-25(24)34-28)27(32)19-6-11-23(12-7-19)33-17-16-29-14-2-1-3-15-29;1-17(26,10-29(27,28)14-6-3-12(19)4-7-14)16(25)24-13-5-2-11(9-23)15(8-13)18(20,21)22/h4-13,18,30-31H,1-3,14-17H2;2-8,26H,10H2,1H3,(H,24,25). The third-order valence-corrected chi connectivity index (χ3v) is 13.2. The summed E-state index contributed by atoms with van der Waals surface area (Å²) in [5.74, 6) is -2.05. The molecule has 63 heavy (non-hydrogen) atoms. The molecule has 1 saturated heterocycles. The van der Waals surface area contributed by atoms with E-state index in [1.807, 2.05) is 29.6 Å². The predicted octanol–water partition coefficient (Wildman–Crippen LogP) is 8.95. The fraction of sp³-hybridized carbons (Fsp3) is 0.239. The minimum Gasteiger partial charge on any atom is -0.508 e. The zero-order valence-corrected chi connectivity index (χ0v) is 35.3. The highest BCUT2D eigenvalue weighted by molar-refractivity contribution is 7.91. The van der Waals surface area contributed by atoms with Crippen LogP contribution in [0.1, 0.15) is 53.2 Å². The fourth-order valence-electron chi connectivity index (χ4n) is 6.83. The maximum atomic E-state index is 13.6. The number of aliphatic hydroxyl groups is 1. The molecule has 7 rings (SSSR count). The number of fused-ring (bicyclic) bond motifs is 1. The predicted molar refractivity (Wildman–Crippen MR) is 230 cm³/mol. The average Bonchev–Trinajstić information content (AvgIpc) is 3.62. The molecule has 0 aliphatic carbocycles. The van der Waals surface area contributed by atoms with Gasteiger partial charge in [0, 0.05) is 38.3 Å². The summed E-state index contributed by atoms with van der Waals surface area (Å²) in [6.07, 6.45) is -1.01. The number of sulfone groups is 1. The van der Waals surface area contributed by atoms with Crippen LogP contribution in [-0.4, -0.2) is 77.9 Å². The van der Waals surface area contributed by atoms with Gasteiger partial charge in [0.25, 0.3) is 5.91 Å². The molecule has 11 nitrogen and oxygen atoms in total. The molecule has 1 aliphatic rings. The fourth-order valence-corrected chi connectivity index (χ4v) is 9.66. The van der Waals surface area contributed by atoms with Crippen LogP contribution >= 0.6 is 11.3 Å². The lowest BCUT2D eigenvalue weighted by Crippen LogP contribution is -2.45. The molecule has 17 heteroatoms. The van der Waals surface area contributed by atoms with Gasteiger partial charge >= 0.3 is 6.18 Å². The van der Waals surface area contributed by atoms with Gasteiger partial charge in [0.2, 0.25) is 0 Å². The number of halogens is 4. The van der Waals surface area contributed by atoms with Gasteiger partial charge in [-0.05, 0) is 148 Å². The number of alkyl halides is 3. The molecular formula is C46H41F4N3O8S2. The number of carbonyl (C=O) groups excluding carboxylic acids is 2. The molecule has 1 aromatic heterocycles. The Balaban J connectivity index is 0.000000213. The summed E-state index contributed by atoms with van der Waals surface area (Å²) in [7, 11) is -4.21. The van der Waals surface area contributed by atoms with Gasteiger partial charge in [0.15, 0.2) is 21.2 Å². The lowest BCUT2D eigenvalue weighted by atomic mass is 9.97. The number of benzene rings is 5. The molecule has 0 spiro atoms. The first kappa shape index (κ1) is 46.2. The number of piperidine rings is 1. The van der Waals surface area contributed by atoms with E-state index in [1.54, 1.807) is 42.5 Å². The van der Waals surface area contributed by atoms with Crippen molar-refractivity contribution in [3.8, 4) is 33.8 Å². The molecule has 1 amide bonds. The van der Waals surface area contributed by atoms with Crippen molar-refractivity contribution in [3.63, 3.8) is 0 Å². The number of nitriles is 1. The Morgan fingerprint density at radius 2 is 1.52 bits per heavy atom. The van der Waals surface area contributed by atoms with Crippen LogP contribution in [0.3, 0.4) is 0 Å². The summed E-state index contributed by atoms with van der Waals surface area (Å²) >= 11 is 1.46. The van der Waals surface area contributed by atoms with Gasteiger partial charge in [-0.2, -0.15) is 18.4 Å². The Morgan fingerprint density at radius 3 is 2.16 bits per heavy atom. The molecule has 2 heterocycles. The molecule has 6 aromatic rings. The first-order valence-corrected chi connectivity index (χ1v) is 22.0. The summed E-state index contributed by atoms with van der Waals surface area (Å²) < 4.78 is 83.4. The number of nitrogens with zero attached hydrogens (tertiary/aromatic N) is 2. The maximum Gasteiger partial charge on any atom is 0.417 e. The van der Waals surface area contributed by atoms with Gasteiger partial charge in [-0.3, -0.25) is 14.5 Å². The first-order valence-electron chi connectivity index (χ1n) is 19.5. The summed E-state index contributed by atoms with van der Waals surface area (Å²) in [4.78, 5) is 28.8. The Morgan fingerprint density at radius 1 is 0.873 bits per heavy atom. The van der Waals surface area contributed by atoms with Gasteiger partial charge in [0.05, 0.1) is 27.8 Å². The van der Waals surface area contributed by atoms with E-state index in [0.717, 1.165) is 89.2 Å². The lowest BCUT2D eigenvalue weighted by Gasteiger charge is -2.26. The quantitative estimate of drug-likeness (QED) is 0.0527. The zero-order chi connectivity index (χ0) is 45.5. The van der Waals surface area contributed by atoms with Crippen LogP contribution in [0.4, 0.5) is 23.2 Å². The number of ketones is 1. The van der Waals surface area contributed by atoms with Crippen molar-refractivity contribution in [2.24, 2.45) is 0 Å². The smallest absolute Gasteiger partial charge is 0.417 e. The number of aromatic hydroxyl groups is 2. The van der Waals surface area contributed by atoms with E-state index in [0.29, 0.717) is 23.8 Å². The van der Waals surface area contributed by atoms with Crippen LogP contribution in [0.5, 0.6) is 17.2 Å². The number of nitrogens with one attached hydrogen (secondary N) is 1. The minimum atomic E-state index is -4.86. The molecule has 1 aliphatic heterocycles. The summed E-state index contributed by atoms with van der Waals surface area (Å²) in [5, 5.41) is 41.5. The molecule has 0 saturated carbocycles. The number of hydrogen-bond donors (Lipinski definition) is 4. The molecular weight excluding hydrogens is 863 g/mol. The number of likely N-dealkylation sites (tertiary alicyclic amines) is 1. The van der Waals surface area contributed by atoms with Gasteiger partial charge in [0.1, 0.15) is 29.7 Å². The third-order valence-electron chi connectivity index (χ3n) is 10.1. The molecule has 5 aromatic carbocycles. The Labute approximate surface area is 364 Å². The molecule has 1 fully saturated rings. The summed E-state index contributed by atoms with van der Waals surface area (Å²) in [6.45, 7) is 4.72. The van der Waals surface area contributed by atoms with E-state index in [9.17, 15) is 50.9 Å². The lowest BCUT2D eigenvalue weighted by molar-refractivity contribution is -0.137. The normalized spacial score (nSPS) is 14.2. The van der Waals surface area contributed by atoms with Crippen LogP contribution in [-0.2, 0) is 20.8 Å². The number of phenolic OH excluding ortho intramolecular Hbond substituents is 2. The summed E-state index contributed by atoms with van der Waals surface area (Å²) in [6, 6.07) is 26.6. The van der Waals surface area contributed by atoms with Crippen molar-refractivity contribution < 1.29 is 55.6 Å². The molecule has 328 valence electrons. The molecule has 1 atom stereocenters. The van der Waals surface area contributed by atoms with Crippen LogP contribution in [0.2, 0.25) is 0 Å². The molecule has 0 radical (unpaired) electrons. The number of rotatable bonds is 12. The number of ether oxygens (including phenoxy) is 1. The van der Waals surface area contributed by atoms with Crippen LogP contribution in [0.25, 0.3) is 20.5 Å². The first-order chi connectivity index (χ1) is 29.8. The highest BCUT2D eigenvalue weighted by Gasteiger charge is 2.38. The van der Waals surface area contributed by atoms with Gasteiger partial charge < -0.3 is 25.4 Å². The molecule has 1 unspecified atom stereocenters. The highest BCUT2D eigenvalue weighted by Crippen LogP contribution is 2.42. The topological polar surface area (TPSA) is 177 Å². The van der Waals surface area contributed by atoms with Crippen molar-refractivity contribution >= 4 is 48.6 Å². The van der Waals surface area contributed by atoms with E-state index in [2.05, 4.69) is 4.90 Å². The van der Waals surface area contributed by atoms with Crippen LogP contribution in [0.15, 0.2) is 114 Å². The second-order valence-corrected chi connectivity index (χ2v) is 18.0. The largest absolute Gasteiger partial charge is 0.508 e. The van der Waals surface area contributed by atoms with Crippen molar-refractivity contribution in [2.75, 3.05) is 37.3 Å². The zero-order valence-electron chi connectivity index (χ0n) is 33.7. The Kier molecular flexibility index (Phi) is 14.2. The van der Waals surface area contributed by atoms with Crippen molar-refractivity contribution in [2.45, 2.75) is 42.9 Å². The second-order valence-electron chi connectivity index (χ2n) is 14.9. The monoisotopic (exact) mass is 903 g/mol. The van der Waals surface area contributed by atoms with E-state index in [1.165, 1.54) is 36.7 Å². The van der Waals surface area contributed by atoms with E-state index < -0.39 is 50.2 Å². The highest BCUT2D eigenvalue weighted by atomic mass is 32.2. The number of phenols is 2. The third kappa shape index (κ3) is 11.6. The van der Waals surface area contributed by atoms with Crippen molar-refractivity contribution in [1.82, 2.24) is 4.90 Å². The molecule has 4 N–H and O–H groups in total. The van der Waals surface area contributed by atoms with Crippen LogP contribution in [0, 0.1) is 17.1 Å². The Bertz CT molecular complexity index is 2750. The Hall–Kier alpha value is -6.32. The van der Waals surface area contributed by atoms with Gasteiger partial charge in [-0.25, -0.2) is 12.8 Å². The minimum absolute atomic E-state index is 0.0834. The molecule has 0 bridgehead atoms. The van der Waals surface area contributed by atoms with Crippen LogP contribution < -0.4 is 10.1 Å². The number of anilines is 1. The number of thiophene rings is 1. The average molecular weight is 904 g/mol. The van der Waals surface area contributed by atoms with Crippen molar-refractivity contribution in [3.05, 3.63) is 137 Å². The van der Waals surface area contributed by atoms with Crippen molar-refractivity contribution in [1.29, 1.82) is 5.26 Å². The van der Waals surface area contributed by atoms with Gasteiger partial charge in [-0.15, -0.1) is 11.3 Å². The maximum absolute atomic E-state index is 13.6. The van der Waals surface area contributed by atoms with E-state index in [4.69, 9.17) is 10.00 Å². The SMILES string of the molecule is CC(O)(CS(=O)(=O)c1ccc(F)cc1)C(=O)Nc1ccc(C#N)c(C(F)(F)F)c1.O=C(c1ccc(OCCN2CCCCC2)cc1)c1c(-c2ccc(O)cc2)sc2cc(O)ccc12. The number of carbonyl (C=O) groups is 2. The number of amides is 1. The van der Waals surface area contributed by atoms with Gasteiger partial charge in [-0.1, -0.05) is 6.42 Å². The van der Waals surface area contributed by atoms with E-state index >= 15 is 0 Å².